The van der Waals surface area contributed by atoms with Gasteiger partial charge in [0.2, 0.25) is 5.95 Å². The van der Waals surface area contributed by atoms with Crippen molar-refractivity contribution in [2.24, 2.45) is 0 Å². The number of anilines is 2. The molecule has 0 bridgehead atoms. The van der Waals surface area contributed by atoms with E-state index in [1.165, 1.54) is 19.1 Å². The average molecular weight is 545 g/mol. The van der Waals surface area contributed by atoms with Gasteiger partial charge in [-0.15, -0.1) is 0 Å². The third-order valence-corrected chi connectivity index (χ3v) is 8.27. The second-order valence-corrected chi connectivity index (χ2v) is 10.9. The summed E-state index contributed by atoms with van der Waals surface area (Å²) in [4.78, 5) is 12.4. The molecule has 0 atom stereocenters. The van der Waals surface area contributed by atoms with E-state index in [1.54, 1.807) is 0 Å². The summed E-state index contributed by atoms with van der Waals surface area (Å²) in [6.07, 6.45) is 11.7. The van der Waals surface area contributed by atoms with Crippen LogP contribution in [0.25, 0.3) is 16.7 Å². The number of para-hydroxylation sites is 1. The molecule has 1 aromatic carbocycles. The van der Waals surface area contributed by atoms with Crippen molar-refractivity contribution >= 4 is 29.0 Å². The maximum Gasteiger partial charge on any atom is 0.229 e. The van der Waals surface area contributed by atoms with Gasteiger partial charge in [0, 0.05) is 68.7 Å². The van der Waals surface area contributed by atoms with Crippen LogP contribution in [0, 0.1) is 5.41 Å². The Balaban J connectivity index is 1.23. The molecule has 4 N–H and O–H groups in total. The highest BCUT2D eigenvalue weighted by Crippen LogP contribution is 2.31. The van der Waals surface area contributed by atoms with E-state index in [4.69, 9.17) is 24.9 Å². The second-order valence-electron chi connectivity index (χ2n) is 10.9. The van der Waals surface area contributed by atoms with Crippen LogP contribution in [0.1, 0.15) is 38.5 Å². The standard InChI is InChI=1S/C30H40N8O2/c31-20-24(21-32-22-11-16-39-17-12-22)34-30-35-27-10-13-38(26-4-2-1-3-5-26)28(27)29(36-30)33-23-6-8-25(9-7-23)37-14-18-40-19-15-37/h1-5,10,13,20-23,25,31-32H,6-9,11-12,14-19H2,(H2,33,34,35,36)/b24-21+,31-20?/t23-,25-. The van der Waals surface area contributed by atoms with Gasteiger partial charge < -0.3 is 35.4 Å². The number of ether oxygens (including phenoxy) is 2. The van der Waals surface area contributed by atoms with Crippen LogP contribution in [0.2, 0.25) is 0 Å². The van der Waals surface area contributed by atoms with Crippen molar-refractivity contribution in [3.8, 4) is 5.69 Å². The largest absolute Gasteiger partial charge is 0.386 e. The Labute approximate surface area is 235 Å². The summed E-state index contributed by atoms with van der Waals surface area (Å²) in [5.41, 5.74) is 3.51. The molecule has 0 amide bonds. The van der Waals surface area contributed by atoms with Crippen molar-refractivity contribution in [2.45, 2.75) is 56.7 Å². The number of allylic oxidation sites excluding steroid dienone is 1. The van der Waals surface area contributed by atoms with Crippen LogP contribution in [0.15, 0.2) is 54.5 Å². The summed E-state index contributed by atoms with van der Waals surface area (Å²) in [6.45, 7) is 5.31. The van der Waals surface area contributed by atoms with Crippen molar-refractivity contribution < 1.29 is 9.47 Å². The summed E-state index contributed by atoms with van der Waals surface area (Å²) in [6, 6.07) is 13.7. The zero-order valence-electron chi connectivity index (χ0n) is 23.0. The first-order valence-electron chi connectivity index (χ1n) is 14.6. The van der Waals surface area contributed by atoms with Crippen LogP contribution < -0.4 is 16.0 Å². The predicted molar refractivity (Wildman–Crippen MR) is 158 cm³/mol. The fraction of sp³-hybridized carbons (Fsp3) is 0.500. The van der Waals surface area contributed by atoms with Gasteiger partial charge in [-0.05, 0) is 56.7 Å². The number of hydrogen-bond donors (Lipinski definition) is 4. The number of hydrogen-bond acceptors (Lipinski definition) is 9. The van der Waals surface area contributed by atoms with Crippen molar-refractivity contribution in [3.63, 3.8) is 0 Å². The first kappa shape index (κ1) is 26.7. The van der Waals surface area contributed by atoms with Crippen molar-refractivity contribution in [1.29, 1.82) is 5.41 Å². The van der Waals surface area contributed by atoms with Crippen LogP contribution >= 0.6 is 0 Å². The maximum atomic E-state index is 7.96. The minimum atomic E-state index is 0.343. The molecule has 6 rings (SSSR count). The number of rotatable bonds is 9. The topological polar surface area (TPSA) is 112 Å². The lowest BCUT2D eigenvalue weighted by Crippen LogP contribution is -2.46. The van der Waals surface area contributed by atoms with Gasteiger partial charge in [-0.3, -0.25) is 4.90 Å². The number of nitrogens with one attached hydrogen (secondary N) is 4. The average Bonchev–Trinajstić information content (AvgIpc) is 3.45. The molecule has 3 fully saturated rings. The molecular formula is C30H40N8O2. The molecule has 10 heteroatoms. The van der Waals surface area contributed by atoms with Crippen molar-refractivity contribution in [2.75, 3.05) is 50.2 Å². The predicted octanol–water partition coefficient (Wildman–Crippen LogP) is 4.15. The second kappa shape index (κ2) is 12.8. The van der Waals surface area contributed by atoms with Gasteiger partial charge in [0.1, 0.15) is 5.52 Å². The Morgan fingerprint density at radius 2 is 1.62 bits per heavy atom. The van der Waals surface area contributed by atoms with Crippen LogP contribution in [-0.2, 0) is 9.47 Å². The van der Waals surface area contributed by atoms with Crippen molar-refractivity contribution in [1.82, 2.24) is 24.8 Å². The smallest absolute Gasteiger partial charge is 0.229 e. The third-order valence-electron chi connectivity index (χ3n) is 8.27. The maximum absolute atomic E-state index is 7.96. The van der Waals surface area contributed by atoms with Gasteiger partial charge in [0.05, 0.1) is 24.4 Å². The molecule has 4 heterocycles. The van der Waals surface area contributed by atoms with Gasteiger partial charge >= 0.3 is 0 Å². The summed E-state index contributed by atoms with van der Waals surface area (Å²) in [5, 5.41) is 18.5. The molecule has 0 unspecified atom stereocenters. The number of morpholine rings is 1. The lowest BCUT2D eigenvalue weighted by Gasteiger charge is -2.39. The Kier molecular flexibility index (Phi) is 8.56. The molecule has 2 aromatic heterocycles. The normalized spacial score (nSPS) is 23.1. The Morgan fingerprint density at radius 3 is 2.38 bits per heavy atom. The Hall–Kier alpha value is -3.47. The van der Waals surface area contributed by atoms with Crippen LogP contribution in [0.4, 0.5) is 11.8 Å². The minimum absolute atomic E-state index is 0.343. The van der Waals surface area contributed by atoms with Gasteiger partial charge in [-0.25, -0.2) is 4.98 Å². The number of fused-ring (bicyclic) bond motifs is 1. The molecule has 212 valence electrons. The number of nitrogens with zero attached hydrogens (tertiary/aromatic N) is 4. The van der Waals surface area contributed by atoms with Crippen LogP contribution in [-0.4, -0.2) is 83.3 Å². The summed E-state index contributed by atoms with van der Waals surface area (Å²) >= 11 is 0. The zero-order valence-corrected chi connectivity index (χ0v) is 23.0. The molecular weight excluding hydrogens is 504 g/mol. The minimum Gasteiger partial charge on any atom is -0.386 e. The van der Waals surface area contributed by atoms with E-state index < -0.39 is 0 Å². The summed E-state index contributed by atoms with van der Waals surface area (Å²) < 4.78 is 13.2. The van der Waals surface area contributed by atoms with Gasteiger partial charge in [0.15, 0.2) is 5.82 Å². The lowest BCUT2D eigenvalue weighted by atomic mass is 9.90. The Morgan fingerprint density at radius 1 is 0.875 bits per heavy atom. The zero-order chi connectivity index (χ0) is 27.1. The highest BCUT2D eigenvalue weighted by atomic mass is 16.5. The summed E-state index contributed by atoms with van der Waals surface area (Å²) in [5.74, 6) is 1.30. The van der Waals surface area contributed by atoms with Gasteiger partial charge in [0.25, 0.3) is 0 Å². The first-order valence-corrected chi connectivity index (χ1v) is 14.6. The van der Waals surface area contributed by atoms with Crippen molar-refractivity contribution in [3.05, 3.63) is 54.5 Å². The third kappa shape index (κ3) is 6.29. The molecule has 3 aliphatic rings. The summed E-state index contributed by atoms with van der Waals surface area (Å²) in [7, 11) is 0. The quantitative estimate of drug-likeness (QED) is 0.297. The molecule has 0 spiro atoms. The van der Waals surface area contributed by atoms with E-state index in [0.717, 1.165) is 87.7 Å². The van der Waals surface area contributed by atoms with E-state index in [-0.39, 0.29) is 0 Å². The van der Waals surface area contributed by atoms with Gasteiger partial charge in [-0.1, -0.05) is 18.2 Å². The molecule has 3 aromatic rings. The monoisotopic (exact) mass is 544 g/mol. The molecule has 10 nitrogen and oxygen atoms in total. The van der Waals surface area contributed by atoms with Gasteiger partial charge in [-0.2, -0.15) is 4.98 Å². The van der Waals surface area contributed by atoms with E-state index in [0.29, 0.717) is 29.8 Å². The molecule has 1 saturated carbocycles. The van der Waals surface area contributed by atoms with Crippen LogP contribution in [0.3, 0.4) is 0 Å². The molecule has 2 saturated heterocycles. The lowest BCUT2D eigenvalue weighted by molar-refractivity contribution is 0.00791. The van der Waals surface area contributed by atoms with Crippen LogP contribution in [0.5, 0.6) is 0 Å². The Bertz CT molecular complexity index is 1290. The van der Waals surface area contributed by atoms with E-state index in [9.17, 15) is 0 Å². The molecule has 0 radical (unpaired) electrons. The molecule has 1 aliphatic carbocycles. The van der Waals surface area contributed by atoms with E-state index in [1.807, 2.05) is 30.5 Å². The molecule has 40 heavy (non-hydrogen) atoms. The first-order chi connectivity index (χ1) is 19.8. The SMILES string of the molecule is N=C/C(=C\NC1CCOCC1)Nc1nc(N[C@H]2CC[C@H](N3CCOCC3)CC2)c2c(ccn2-c2ccccc2)n1. The number of aromatic nitrogens is 3. The fourth-order valence-electron chi connectivity index (χ4n) is 6.04. The highest BCUT2D eigenvalue weighted by Gasteiger charge is 2.28. The molecule has 2 aliphatic heterocycles. The fourth-order valence-corrected chi connectivity index (χ4v) is 6.04. The highest BCUT2D eigenvalue weighted by molar-refractivity contribution is 5.90. The number of benzene rings is 1. The van der Waals surface area contributed by atoms with E-state index >= 15 is 0 Å². The van der Waals surface area contributed by atoms with E-state index in [2.05, 4.69) is 43.7 Å².